The van der Waals surface area contributed by atoms with E-state index in [-0.39, 0.29) is 5.54 Å². The SMILES string of the molecule is CCC(C)(C)N(C)Cc1cc(CNC)c(C)o1. The molecule has 0 fully saturated rings. The van der Waals surface area contributed by atoms with Gasteiger partial charge in [-0.15, -0.1) is 0 Å². The third-order valence-electron chi connectivity index (χ3n) is 3.73. The van der Waals surface area contributed by atoms with E-state index in [9.17, 15) is 0 Å². The largest absolute Gasteiger partial charge is 0.465 e. The van der Waals surface area contributed by atoms with Gasteiger partial charge in [0.1, 0.15) is 11.5 Å². The van der Waals surface area contributed by atoms with Crippen LogP contribution in [-0.2, 0) is 13.1 Å². The van der Waals surface area contributed by atoms with Gasteiger partial charge in [-0.3, -0.25) is 4.90 Å². The average molecular weight is 238 g/mol. The maximum Gasteiger partial charge on any atom is 0.118 e. The zero-order valence-corrected chi connectivity index (χ0v) is 12.1. The molecule has 17 heavy (non-hydrogen) atoms. The van der Waals surface area contributed by atoms with Crippen molar-refractivity contribution in [2.45, 2.75) is 52.7 Å². The second-order valence-corrected chi connectivity index (χ2v) is 5.35. The molecule has 0 aromatic carbocycles. The van der Waals surface area contributed by atoms with Gasteiger partial charge >= 0.3 is 0 Å². The van der Waals surface area contributed by atoms with Crippen LogP contribution in [0, 0.1) is 6.92 Å². The van der Waals surface area contributed by atoms with Gasteiger partial charge in [-0.1, -0.05) is 6.92 Å². The molecule has 0 bridgehead atoms. The third kappa shape index (κ3) is 3.58. The fourth-order valence-corrected chi connectivity index (χ4v) is 1.75. The predicted molar refractivity (Wildman–Crippen MR) is 72.0 cm³/mol. The summed E-state index contributed by atoms with van der Waals surface area (Å²) < 4.78 is 5.80. The molecule has 0 radical (unpaired) electrons. The molecular formula is C14H26N2O. The Morgan fingerprint density at radius 1 is 1.41 bits per heavy atom. The van der Waals surface area contributed by atoms with E-state index in [2.05, 4.69) is 44.1 Å². The van der Waals surface area contributed by atoms with Crippen LogP contribution in [0.15, 0.2) is 10.5 Å². The minimum absolute atomic E-state index is 0.212. The first kappa shape index (κ1) is 14.3. The van der Waals surface area contributed by atoms with Gasteiger partial charge in [0, 0.05) is 17.6 Å². The number of hydrogen-bond donors (Lipinski definition) is 1. The normalized spacial score (nSPS) is 12.4. The first-order valence-corrected chi connectivity index (χ1v) is 6.34. The van der Waals surface area contributed by atoms with E-state index in [0.717, 1.165) is 31.0 Å². The molecule has 0 aliphatic carbocycles. The summed E-state index contributed by atoms with van der Waals surface area (Å²) in [6, 6.07) is 2.16. The van der Waals surface area contributed by atoms with Crippen molar-refractivity contribution in [3.8, 4) is 0 Å². The molecule has 1 aromatic rings. The van der Waals surface area contributed by atoms with E-state index < -0.39 is 0 Å². The van der Waals surface area contributed by atoms with E-state index >= 15 is 0 Å². The van der Waals surface area contributed by atoms with Crippen LogP contribution >= 0.6 is 0 Å². The summed E-state index contributed by atoms with van der Waals surface area (Å²) >= 11 is 0. The second kappa shape index (κ2) is 5.69. The van der Waals surface area contributed by atoms with E-state index in [4.69, 9.17) is 4.42 Å². The molecule has 0 spiro atoms. The summed E-state index contributed by atoms with van der Waals surface area (Å²) in [6.07, 6.45) is 1.13. The van der Waals surface area contributed by atoms with E-state index in [1.54, 1.807) is 0 Å². The number of nitrogens with one attached hydrogen (secondary N) is 1. The third-order valence-corrected chi connectivity index (χ3v) is 3.73. The van der Waals surface area contributed by atoms with E-state index in [1.165, 1.54) is 5.56 Å². The maximum absolute atomic E-state index is 5.80. The van der Waals surface area contributed by atoms with Crippen LogP contribution in [-0.4, -0.2) is 24.5 Å². The molecule has 1 aromatic heterocycles. The topological polar surface area (TPSA) is 28.4 Å². The average Bonchev–Trinajstić information content (AvgIpc) is 2.60. The molecule has 0 aliphatic rings. The summed E-state index contributed by atoms with van der Waals surface area (Å²) in [6.45, 7) is 10.5. The van der Waals surface area contributed by atoms with Crippen LogP contribution in [0.25, 0.3) is 0 Å². The van der Waals surface area contributed by atoms with E-state index in [0.29, 0.717) is 0 Å². The lowest BCUT2D eigenvalue weighted by Gasteiger charge is -2.34. The fraction of sp³-hybridized carbons (Fsp3) is 0.714. The molecule has 0 aliphatic heterocycles. The highest BCUT2D eigenvalue weighted by Gasteiger charge is 2.22. The second-order valence-electron chi connectivity index (χ2n) is 5.35. The molecule has 1 rings (SSSR count). The molecule has 0 unspecified atom stereocenters. The monoisotopic (exact) mass is 238 g/mol. The highest BCUT2D eigenvalue weighted by molar-refractivity contribution is 5.20. The Balaban J connectivity index is 2.72. The van der Waals surface area contributed by atoms with Crippen LogP contribution in [0.4, 0.5) is 0 Å². The first-order valence-electron chi connectivity index (χ1n) is 6.34. The van der Waals surface area contributed by atoms with Crippen LogP contribution < -0.4 is 5.32 Å². The zero-order chi connectivity index (χ0) is 13.1. The predicted octanol–water partition coefficient (Wildman–Crippen LogP) is 2.93. The Bertz CT molecular complexity index is 355. The smallest absolute Gasteiger partial charge is 0.118 e. The van der Waals surface area contributed by atoms with Crippen LogP contribution in [0.3, 0.4) is 0 Å². The van der Waals surface area contributed by atoms with Crippen molar-refractivity contribution in [1.82, 2.24) is 10.2 Å². The van der Waals surface area contributed by atoms with Crippen molar-refractivity contribution < 1.29 is 4.42 Å². The molecule has 98 valence electrons. The zero-order valence-electron chi connectivity index (χ0n) is 12.1. The van der Waals surface area contributed by atoms with Crippen molar-refractivity contribution in [2.75, 3.05) is 14.1 Å². The fourth-order valence-electron chi connectivity index (χ4n) is 1.75. The standard InChI is InChI=1S/C14H26N2O/c1-7-14(3,4)16(6)10-13-8-12(9-15-5)11(2)17-13/h8,15H,7,9-10H2,1-6H3. The van der Waals surface area contributed by atoms with Crippen LogP contribution in [0.2, 0.25) is 0 Å². The lowest BCUT2D eigenvalue weighted by molar-refractivity contribution is 0.132. The summed E-state index contributed by atoms with van der Waals surface area (Å²) in [5, 5.41) is 3.16. The molecule has 0 atom stereocenters. The van der Waals surface area contributed by atoms with Gasteiger partial charge in [0.15, 0.2) is 0 Å². The first-order chi connectivity index (χ1) is 7.90. The summed E-state index contributed by atoms with van der Waals surface area (Å²) in [5.74, 6) is 2.08. The lowest BCUT2D eigenvalue weighted by Crippen LogP contribution is -2.39. The number of hydrogen-bond acceptors (Lipinski definition) is 3. The Morgan fingerprint density at radius 2 is 2.06 bits per heavy atom. The molecule has 1 N–H and O–H groups in total. The Hall–Kier alpha value is -0.800. The van der Waals surface area contributed by atoms with Gasteiger partial charge in [-0.25, -0.2) is 0 Å². The Morgan fingerprint density at radius 3 is 2.59 bits per heavy atom. The Labute approximate surface area is 105 Å². The minimum Gasteiger partial charge on any atom is -0.465 e. The maximum atomic E-state index is 5.80. The molecule has 0 amide bonds. The van der Waals surface area contributed by atoms with Gasteiger partial charge in [0.05, 0.1) is 6.54 Å². The van der Waals surface area contributed by atoms with Crippen molar-refractivity contribution in [3.05, 3.63) is 23.2 Å². The summed E-state index contributed by atoms with van der Waals surface area (Å²) in [4.78, 5) is 2.34. The van der Waals surface area contributed by atoms with Crippen LogP contribution in [0.5, 0.6) is 0 Å². The van der Waals surface area contributed by atoms with Crippen molar-refractivity contribution in [1.29, 1.82) is 0 Å². The van der Waals surface area contributed by atoms with E-state index in [1.807, 2.05) is 14.0 Å². The number of aryl methyl sites for hydroxylation is 1. The molecule has 3 heteroatoms. The number of nitrogens with zero attached hydrogens (tertiary/aromatic N) is 1. The van der Waals surface area contributed by atoms with Gasteiger partial charge in [0.2, 0.25) is 0 Å². The molecule has 0 saturated carbocycles. The highest BCUT2D eigenvalue weighted by atomic mass is 16.3. The number of rotatable bonds is 6. The molecule has 3 nitrogen and oxygen atoms in total. The number of furan rings is 1. The van der Waals surface area contributed by atoms with Crippen molar-refractivity contribution in [3.63, 3.8) is 0 Å². The van der Waals surface area contributed by atoms with Gasteiger partial charge in [-0.05, 0) is 47.4 Å². The molecule has 1 heterocycles. The summed E-state index contributed by atoms with van der Waals surface area (Å²) in [5.41, 5.74) is 1.47. The van der Waals surface area contributed by atoms with Gasteiger partial charge in [0.25, 0.3) is 0 Å². The minimum atomic E-state index is 0.212. The highest BCUT2D eigenvalue weighted by Crippen LogP contribution is 2.21. The van der Waals surface area contributed by atoms with Crippen molar-refractivity contribution in [2.24, 2.45) is 0 Å². The van der Waals surface area contributed by atoms with Gasteiger partial charge < -0.3 is 9.73 Å². The molecule has 0 saturated heterocycles. The summed E-state index contributed by atoms with van der Waals surface area (Å²) in [7, 11) is 4.11. The molecular weight excluding hydrogens is 212 g/mol. The quantitative estimate of drug-likeness (QED) is 0.826. The Kier molecular flexibility index (Phi) is 4.78. The van der Waals surface area contributed by atoms with Crippen LogP contribution in [0.1, 0.15) is 44.3 Å². The lowest BCUT2D eigenvalue weighted by atomic mass is 10.00. The van der Waals surface area contributed by atoms with Gasteiger partial charge in [-0.2, -0.15) is 0 Å². The van der Waals surface area contributed by atoms with Crippen molar-refractivity contribution >= 4 is 0 Å².